The number of carboxylic acids is 1. The van der Waals surface area contributed by atoms with Gasteiger partial charge in [0.15, 0.2) is 0 Å². The molecule has 0 aliphatic heterocycles. The molecule has 3 aromatic rings. The van der Waals surface area contributed by atoms with Crippen LogP contribution in [0.2, 0.25) is 0 Å². The normalized spacial score (nSPS) is 10.3. The molecule has 1 aromatic heterocycles. The number of carboxylic acid groups (broad SMARTS) is 1. The zero-order valence-corrected chi connectivity index (χ0v) is 14.1. The quantitative estimate of drug-likeness (QED) is 0.678. The zero-order valence-electron chi connectivity index (χ0n) is 13.2. The fourth-order valence-electron chi connectivity index (χ4n) is 2.37. The molecule has 2 aromatic carbocycles. The van der Waals surface area contributed by atoms with Crippen LogP contribution in [0.1, 0.15) is 21.7 Å². The second-order valence-corrected chi connectivity index (χ2v) is 5.38. The third-order valence-corrected chi connectivity index (χ3v) is 3.60. The number of rotatable bonds is 6. The van der Waals surface area contributed by atoms with Crippen molar-refractivity contribution in [1.29, 1.82) is 0 Å². The highest BCUT2D eigenvalue weighted by atomic mass is 35.5. The van der Waals surface area contributed by atoms with Crippen molar-refractivity contribution >= 4 is 18.4 Å². The predicted octanol–water partition coefficient (Wildman–Crippen LogP) is 4.50. The van der Waals surface area contributed by atoms with Crippen LogP contribution < -0.4 is 5.32 Å². The third-order valence-electron chi connectivity index (χ3n) is 3.60. The molecule has 0 bridgehead atoms. The van der Waals surface area contributed by atoms with Crippen molar-refractivity contribution in [2.45, 2.75) is 13.1 Å². The van der Waals surface area contributed by atoms with Crippen LogP contribution in [0.3, 0.4) is 0 Å². The summed E-state index contributed by atoms with van der Waals surface area (Å²) in [5.74, 6) is 0.145. The smallest absolute Gasteiger partial charge is 0.335 e. The van der Waals surface area contributed by atoms with E-state index in [1.54, 1.807) is 36.4 Å². The molecule has 1 heterocycles. The van der Waals surface area contributed by atoms with Crippen molar-refractivity contribution in [3.63, 3.8) is 0 Å². The van der Waals surface area contributed by atoms with E-state index in [4.69, 9.17) is 9.52 Å². The summed E-state index contributed by atoms with van der Waals surface area (Å²) in [5, 5.41) is 12.3. The van der Waals surface area contributed by atoms with E-state index >= 15 is 0 Å². The third kappa shape index (κ3) is 4.92. The lowest BCUT2D eigenvalue weighted by Gasteiger charge is -2.03. The fourth-order valence-corrected chi connectivity index (χ4v) is 2.37. The molecule has 3 rings (SSSR count). The summed E-state index contributed by atoms with van der Waals surface area (Å²) in [6, 6.07) is 16.6. The van der Waals surface area contributed by atoms with E-state index in [0.29, 0.717) is 18.8 Å². The van der Waals surface area contributed by atoms with Gasteiger partial charge in [-0.1, -0.05) is 24.3 Å². The minimum atomic E-state index is -0.968. The molecule has 6 heteroatoms. The lowest BCUT2D eigenvalue weighted by Crippen LogP contribution is -2.11. The van der Waals surface area contributed by atoms with Gasteiger partial charge in [-0.15, -0.1) is 12.4 Å². The maximum Gasteiger partial charge on any atom is 0.335 e. The predicted molar refractivity (Wildman–Crippen MR) is 95.3 cm³/mol. The Morgan fingerprint density at radius 2 is 1.80 bits per heavy atom. The maximum absolute atomic E-state index is 12.8. The standard InChI is InChI=1S/C19H16FNO3.ClH/c20-16-6-4-13(5-7-16)11-21-12-17-8-9-18(24-17)14-2-1-3-15(10-14)19(22)23;/h1-10,21H,11-12H2,(H,22,23);1H. The molecular formula is C19H17ClFNO3. The summed E-state index contributed by atoms with van der Waals surface area (Å²) in [4.78, 5) is 11.0. The molecule has 130 valence electrons. The van der Waals surface area contributed by atoms with Crippen LogP contribution in [0.25, 0.3) is 11.3 Å². The second-order valence-electron chi connectivity index (χ2n) is 5.38. The Kier molecular flexibility index (Phi) is 6.33. The first-order valence-corrected chi connectivity index (χ1v) is 7.49. The van der Waals surface area contributed by atoms with Gasteiger partial charge >= 0.3 is 5.97 Å². The van der Waals surface area contributed by atoms with Crippen LogP contribution in [-0.4, -0.2) is 11.1 Å². The topological polar surface area (TPSA) is 62.5 Å². The van der Waals surface area contributed by atoms with Crippen molar-refractivity contribution in [2.24, 2.45) is 0 Å². The number of halogens is 2. The van der Waals surface area contributed by atoms with Gasteiger partial charge in [0, 0.05) is 12.1 Å². The SMILES string of the molecule is Cl.O=C(O)c1cccc(-c2ccc(CNCc3ccc(F)cc3)o2)c1. The van der Waals surface area contributed by atoms with Crippen LogP contribution in [0.15, 0.2) is 65.1 Å². The van der Waals surface area contributed by atoms with Crippen molar-refractivity contribution in [2.75, 3.05) is 0 Å². The molecule has 0 unspecified atom stereocenters. The van der Waals surface area contributed by atoms with Crippen LogP contribution in [0, 0.1) is 5.82 Å². The van der Waals surface area contributed by atoms with Gasteiger partial charge in [-0.05, 0) is 42.0 Å². The largest absolute Gasteiger partial charge is 0.478 e. The molecule has 25 heavy (non-hydrogen) atoms. The Bertz CT molecular complexity index is 846. The van der Waals surface area contributed by atoms with Crippen LogP contribution in [-0.2, 0) is 13.1 Å². The summed E-state index contributed by atoms with van der Waals surface area (Å²) >= 11 is 0. The van der Waals surface area contributed by atoms with E-state index in [1.807, 2.05) is 12.1 Å². The molecule has 0 spiro atoms. The van der Waals surface area contributed by atoms with E-state index in [9.17, 15) is 9.18 Å². The molecule has 0 aliphatic carbocycles. The molecule has 4 nitrogen and oxygen atoms in total. The van der Waals surface area contributed by atoms with Crippen molar-refractivity contribution in [1.82, 2.24) is 5.32 Å². The number of aromatic carboxylic acids is 1. The summed E-state index contributed by atoms with van der Waals surface area (Å²) in [7, 11) is 0. The fraction of sp³-hybridized carbons (Fsp3) is 0.105. The Morgan fingerprint density at radius 3 is 2.52 bits per heavy atom. The number of hydrogen-bond donors (Lipinski definition) is 2. The number of carbonyl (C=O) groups is 1. The average molecular weight is 362 g/mol. The summed E-state index contributed by atoms with van der Waals surface area (Å²) in [6.45, 7) is 1.13. The average Bonchev–Trinajstić information content (AvgIpc) is 3.06. The molecule has 0 amide bonds. The molecule has 0 saturated carbocycles. The molecule has 0 atom stereocenters. The van der Waals surface area contributed by atoms with Gasteiger partial charge in [0.25, 0.3) is 0 Å². The van der Waals surface area contributed by atoms with E-state index in [-0.39, 0.29) is 23.8 Å². The lowest BCUT2D eigenvalue weighted by atomic mass is 10.1. The van der Waals surface area contributed by atoms with Gasteiger partial charge < -0.3 is 14.8 Å². The highest BCUT2D eigenvalue weighted by molar-refractivity contribution is 5.89. The van der Waals surface area contributed by atoms with Crippen molar-refractivity contribution in [3.05, 3.63) is 83.4 Å². The van der Waals surface area contributed by atoms with Crippen molar-refractivity contribution < 1.29 is 18.7 Å². The Labute approximate surface area is 150 Å². The highest BCUT2D eigenvalue weighted by Crippen LogP contribution is 2.23. The number of nitrogens with one attached hydrogen (secondary N) is 1. The number of benzene rings is 2. The highest BCUT2D eigenvalue weighted by Gasteiger charge is 2.08. The van der Waals surface area contributed by atoms with Gasteiger partial charge in [0.1, 0.15) is 17.3 Å². The minimum absolute atomic E-state index is 0. The molecule has 0 radical (unpaired) electrons. The summed E-state index contributed by atoms with van der Waals surface area (Å²) in [6.07, 6.45) is 0. The van der Waals surface area contributed by atoms with E-state index < -0.39 is 5.97 Å². The van der Waals surface area contributed by atoms with Gasteiger partial charge in [-0.25, -0.2) is 9.18 Å². The molecule has 2 N–H and O–H groups in total. The van der Waals surface area contributed by atoms with Crippen molar-refractivity contribution in [3.8, 4) is 11.3 Å². The van der Waals surface area contributed by atoms with E-state index in [2.05, 4.69) is 5.32 Å². The monoisotopic (exact) mass is 361 g/mol. The maximum atomic E-state index is 12.8. The molecule has 0 saturated heterocycles. The first kappa shape index (κ1) is 18.7. The molecule has 0 aliphatic rings. The Morgan fingerprint density at radius 1 is 1.04 bits per heavy atom. The Hall–Kier alpha value is -2.63. The molecular weight excluding hydrogens is 345 g/mol. The lowest BCUT2D eigenvalue weighted by molar-refractivity contribution is 0.0697. The first-order chi connectivity index (χ1) is 11.6. The molecule has 0 fully saturated rings. The first-order valence-electron chi connectivity index (χ1n) is 7.49. The van der Waals surface area contributed by atoms with Gasteiger partial charge in [0.05, 0.1) is 12.1 Å². The summed E-state index contributed by atoms with van der Waals surface area (Å²) < 4.78 is 18.6. The minimum Gasteiger partial charge on any atom is -0.478 e. The van der Waals surface area contributed by atoms with Crippen LogP contribution in [0.4, 0.5) is 4.39 Å². The zero-order chi connectivity index (χ0) is 16.9. The van der Waals surface area contributed by atoms with Crippen LogP contribution >= 0.6 is 12.4 Å². The van der Waals surface area contributed by atoms with Gasteiger partial charge in [-0.2, -0.15) is 0 Å². The van der Waals surface area contributed by atoms with E-state index in [0.717, 1.165) is 16.9 Å². The van der Waals surface area contributed by atoms with Gasteiger partial charge in [-0.3, -0.25) is 0 Å². The Balaban J connectivity index is 0.00000225. The van der Waals surface area contributed by atoms with Gasteiger partial charge in [0.2, 0.25) is 0 Å². The second kappa shape index (κ2) is 8.46. The number of furan rings is 1. The summed E-state index contributed by atoms with van der Waals surface area (Å²) in [5.41, 5.74) is 1.93. The van der Waals surface area contributed by atoms with E-state index in [1.165, 1.54) is 12.1 Å². The van der Waals surface area contributed by atoms with Crippen LogP contribution in [0.5, 0.6) is 0 Å². The number of hydrogen-bond acceptors (Lipinski definition) is 3.